The fraction of sp³-hybridized carbons (Fsp3) is 1.00. The van der Waals surface area contributed by atoms with E-state index < -0.39 is 0 Å². The number of nitrogens with one attached hydrogen (secondary N) is 1. The average molecular weight is 210 g/mol. The van der Waals surface area contributed by atoms with E-state index >= 15 is 0 Å². The second kappa shape index (κ2) is 4.40. The van der Waals surface area contributed by atoms with E-state index in [0.717, 1.165) is 25.1 Å². The van der Waals surface area contributed by atoms with Crippen molar-refractivity contribution in [3.05, 3.63) is 0 Å². The molecule has 0 radical (unpaired) electrons. The van der Waals surface area contributed by atoms with E-state index in [4.69, 9.17) is 4.74 Å². The third-order valence-corrected chi connectivity index (χ3v) is 4.29. The highest BCUT2D eigenvalue weighted by Crippen LogP contribution is 2.27. The van der Waals surface area contributed by atoms with E-state index in [9.17, 15) is 0 Å². The van der Waals surface area contributed by atoms with Crippen LogP contribution in [0.2, 0.25) is 0 Å². The van der Waals surface area contributed by atoms with Crippen LogP contribution in [0.25, 0.3) is 0 Å². The molecule has 0 spiro atoms. The Morgan fingerprint density at radius 2 is 2.07 bits per heavy atom. The monoisotopic (exact) mass is 210 g/mol. The first-order chi connectivity index (χ1) is 7.42. The molecule has 3 heteroatoms. The maximum Gasteiger partial charge on any atom is 0.0700 e. The lowest BCUT2D eigenvalue weighted by Gasteiger charge is -2.45. The Kier molecular flexibility index (Phi) is 2.95. The van der Waals surface area contributed by atoms with Crippen molar-refractivity contribution in [2.24, 2.45) is 5.92 Å². The summed E-state index contributed by atoms with van der Waals surface area (Å²) in [5.74, 6) is 0.941. The predicted molar refractivity (Wildman–Crippen MR) is 59.9 cm³/mol. The SMILES string of the molecule is C1CO[C@H](CN[C@@H]2CN3CCC2CC3)C1. The molecule has 4 rings (SSSR count). The van der Waals surface area contributed by atoms with Gasteiger partial charge in [0.05, 0.1) is 6.10 Å². The van der Waals surface area contributed by atoms with Crippen molar-refractivity contribution >= 4 is 0 Å². The summed E-state index contributed by atoms with van der Waals surface area (Å²) in [5.41, 5.74) is 0. The molecular weight excluding hydrogens is 188 g/mol. The van der Waals surface area contributed by atoms with Gasteiger partial charge in [0, 0.05) is 25.7 Å². The number of hydrogen-bond acceptors (Lipinski definition) is 3. The van der Waals surface area contributed by atoms with E-state index in [1.54, 1.807) is 0 Å². The number of rotatable bonds is 3. The summed E-state index contributed by atoms with van der Waals surface area (Å²) in [4.78, 5) is 2.60. The molecule has 4 saturated heterocycles. The molecule has 3 nitrogen and oxygen atoms in total. The Labute approximate surface area is 92.2 Å². The minimum atomic E-state index is 0.500. The standard InChI is InChI=1S/C12H22N2O/c1-2-11(15-7-1)8-13-12-9-14-5-3-10(12)4-6-14/h10-13H,1-9H2/t11-,12+/m0/s1. The first-order valence-corrected chi connectivity index (χ1v) is 6.49. The first-order valence-electron chi connectivity index (χ1n) is 6.49. The van der Waals surface area contributed by atoms with Crippen LogP contribution < -0.4 is 5.32 Å². The summed E-state index contributed by atoms with van der Waals surface area (Å²) >= 11 is 0. The Morgan fingerprint density at radius 3 is 2.67 bits per heavy atom. The van der Waals surface area contributed by atoms with Crippen molar-refractivity contribution in [1.29, 1.82) is 0 Å². The Bertz CT molecular complexity index is 208. The molecule has 15 heavy (non-hydrogen) atoms. The van der Waals surface area contributed by atoms with E-state index in [1.165, 1.54) is 45.3 Å². The van der Waals surface area contributed by atoms with Gasteiger partial charge < -0.3 is 15.0 Å². The fourth-order valence-corrected chi connectivity index (χ4v) is 3.28. The van der Waals surface area contributed by atoms with Gasteiger partial charge in [0.2, 0.25) is 0 Å². The minimum Gasteiger partial charge on any atom is -0.377 e. The number of piperidine rings is 3. The summed E-state index contributed by atoms with van der Waals surface area (Å²) in [7, 11) is 0. The predicted octanol–water partition coefficient (Wildman–Crippen LogP) is 0.849. The first kappa shape index (κ1) is 10.1. The third kappa shape index (κ3) is 2.19. The van der Waals surface area contributed by atoms with Gasteiger partial charge in [0.1, 0.15) is 0 Å². The van der Waals surface area contributed by atoms with Gasteiger partial charge >= 0.3 is 0 Å². The number of hydrogen-bond donors (Lipinski definition) is 1. The van der Waals surface area contributed by atoms with Crippen LogP contribution in [-0.2, 0) is 4.74 Å². The van der Waals surface area contributed by atoms with Gasteiger partial charge in [0.25, 0.3) is 0 Å². The van der Waals surface area contributed by atoms with E-state index in [0.29, 0.717) is 6.10 Å². The molecular formula is C12H22N2O. The zero-order valence-electron chi connectivity index (χ0n) is 9.45. The molecule has 0 amide bonds. The second-order valence-electron chi connectivity index (χ2n) is 5.29. The topological polar surface area (TPSA) is 24.5 Å². The number of nitrogens with zero attached hydrogens (tertiary/aromatic N) is 1. The molecule has 4 aliphatic rings. The van der Waals surface area contributed by atoms with Crippen molar-refractivity contribution in [2.45, 2.75) is 37.8 Å². The average Bonchev–Trinajstić information content (AvgIpc) is 2.81. The minimum absolute atomic E-state index is 0.500. The molecule has 2 atom stereocenters. The van der Waals surface area contributed by atoms with Crippen molar-refractivity contribution in [3.8, 4) is 0 Å². The molecule has 0 aromatic heterocycles. The van der Waals surface area contributed by atoms with Crippen molar-refractivity contribution in [3.63, 3.8) is 0 Å². The fourth-order valence-electron chi connectivity index (χ4n) is 3.28. The molecule has 86 valence electrons. The van der Waals surface area contributed by atoms with Gasteiger partial charge in [-0.1, -0.05) is 0 Å². The highest BCUT2D eigenvalue weighted by molar-refractivity contribution is 4.91. The Balaban J connectivity index is 1.46. The molecule has 0 unspecified atom stereocenters. The molecule has 0 aliphatic carbocycles. The maximum absolute atomic E-state index is 5.65. The Morgan fingerprint density at radius 1 is 1.20 bits per heavy atom. The second-order valence-corrected chi connectivity index (χ2v) is 5.29. The molecule has 0 saturated carbocycles. The summed E-state index contributed by atoms with van der Waals surface area (Å²) < 4.78 is 5.65. The molecule has 0 aromatic rings. The van der Waals surface area contributed by atoms with Crippen LogP contribution >= 0.6 is 0 Å². The zero-order chi connectivity index (χ0) is 10.1. The normalized spacial score (nSPS) is 44.8. The lowest BCUT2D eigenvalue weighted by molar-refractivity contribution is 0.0569. The van der Waals surface area contributed by atoms with Crippen LogP contribution in [0.15, 0.2) is 0 Å². The van der Waals surface area contributed by atoms with Crippen LogP contribution in [0, 0.1) is 5.92 Å². The van der Waals surface area contributed by atoms with Crippen molar-refractivity contribution < 1.29 is 4.74 Å². The van der Waals surface area contributed by atoms with Crippen molar-refractivity contribution in [1.82, 2.24) is 10.2 Å². The van der Waals surface area contributed by atoms with Gasteiger partial charge in [-0.15, -0.1) is 0 Å². The van der Waals surface area contributed by atoms with Gasteiger partial charge in [-0.05, 0) is 44.7 Å². The molecule has 0 aromatic carbocycles. The van der Waals surface area contributed by atoms with Gasteiger partial charge in [-0.25, -0.2) is 0 Å². The quantitative estimate of drug-likeness (QED) is 0.747. The highest BCUT2D eigenvalue weighted by atomic mass is 16.5. The van der Waals surface area contributed by atoms with Crippen LogP contribution in [0.1, 0.15) is 25.7 Å². The van der Waals surface area contributed by atoms with Crippen molar-refractivity contribution in [2.75, 3.05) is 32.8 Å². The lowest BCUT2D eigenvalue weighted by Crippen LogP contribution is -2.56. The van der Waals surface area contributed by atoms with Crippen LogP contribution in [-0.4, -0.2) is 49.8 Å². The lowest BCUT2D eigenvalue weighted by atomic mass is 9.84. The van der Waals surface area contributed by atoms with Gasteiger partial charge in [0.15, 0.2) is 0 Å². The number of ether oxygens (including phenoxy) is 1. The largest absolute Gasteiger partial charge is 0.377 e. The summed E-state index contributed by atoms with van der Waals surface area (Å²) in [5, 5.41) is 3.73. The molecule has 4 heterocycles. The van der Waals surface area contributed by atoms with Crippen LogP contribution in [0.5, 0.6) is 0 Å². The maximum atomic E-state index is 5.65. The van der Waals surface area contributed by atoms with Gasteiger partial charge in [-0.3, -0.25) is 0 Å². The molecule has 2 bridgehead atoms. The van der Waals surface area contributed by atoms with E-state index in [1.807, 2.05) is 0 Å². The number of fused-ring (bicyclic) bond motifs is 3. The smallest absolute Gasteiger partial charge is 0.0700 e. The Hall–Kier alpha value is -0.120. The van der Waals surface area contributed by atoms with Gasteiger partial charge in [-0.2, -0.15) is 0 Å². The molecule has 1 N–H and O–H groups in total. The zero-order valence-corrected chi connectivity index (χ0v) is 9.45. The summed E-state index contributed by atoms with van der Waals surface area (Å²) in [6.07, 6.45) is 5.83. The van der Waals surface area contributed by atoms with E-state index in [2.05, 4.69) is 10.2 Å². The molecule has 4 fully saturated rings. The third-order valence-electron chi connectivity index (χ3n) is 4.29. The molecule has 4 aliphatic heterocycles. The summed E-state index contributed by atoms with van der Waals surface area (Å²) in [6.45, 7) is 6.00. The van der Waals surface area contributed by atoms with E-state index in [-0.39, 0.29) is 0 Å². The van der Waals surface area contributed by atoms with Crippen LogP contribution in [0.3, 0.4) is 0 Å². The van der Waals surface area contributed by atoms with Crippen LogP contribution in [0.4, 0.5) is 0 Å². The summed E-state index contributed by atoms with van der Waals surface area (Å²) in [6, 6.07) is 0.747. The highest BCUT2D eigenvalue weighted by Gasteiger charge is 2.34.